The maximum Gasteiger partial charge on any atom is 0.256 e. The summed E-state index contributed by atoms with van der Waals surface area (Å²) in [5.74, 6) is -1.26. The van der Waals surface area contributed by atoms with Gasteiger partial charge in [-0.05, 0) is 78.6 Å². The minimum atomic E-state index is -0.778. The zero-order valence-corrected chi connectivity index (χ0v) is 36.2. The second-order valence-corrected chi connectivity index (χ2v) is 17.7. The number of amides is 6. The van der Waals surface area contributed by atoms with Gasteiger partial charge in [0.25, 0.3) is 11.8 Å². The van der Waals surface area contributed by atoms with Crippen LogP contribution < -0.4 is 26.8 Å². The Bertz CT molecular complexity index is 2450. The fourth-order valence-corrected chi connectivity index (χ4v) is 10.1. The maximum atomic E-state index is 12.8. The van der Waals surface area contributed by atoms with Gasteiger partial charge in [-0.3, -0.25) is 49.0 Å². The molecule has 8 rings (SSSR count). The van der Waals surface area contributed by atoms with Gasteiger partial charge in [0.2, 0.25) is 23.6 Å². The van der Waals surface area contributed by atoms with E-state index in [9.17, 15) is 43.5 Å². The molecule has 0 bridgehead atoms. The number of ether oxygens (including phenoxy) is 1. The van der Waals surface area contributed by atoms with E-state index >= 15 is 0 Å². The van der Waals surface area contributed by atoms with Crippen molar-refractivity contribution in [3.05, 3.63) is 102 Å². The highest BCUT2D eigenvalue weighted by molar-refractivity contribution is 7.10. The van der Waals surface area contributed by atoms with E-state index in [0.717, 1.165) is 38.6 Å². The van der Waals surface area contributed by atoms with Gasteiger partial charge in [0.05, 0.1) is 29.8 Å². The summed E-state index contributed by atoms with van der Waals surface area (Å²) in [4.78, 5) is 103. The van der Waals surface area contributed by atoms with E-state index in [0.29, 0.717) is 62.1 Å². The van der Waals surface area contributed by atoms with Crippen LogP contribution >= 0.6 is 22.7 Å². The topological polar surface area (TPSA) is 249 Å². The summed E-state index contributed by atoms with van der Waals surface area (Å²) in [6, 6.07) is 10.7. The Kier molecular flexibility index (Phi) is 13.9. The number of thiophene rings is 2. The minimum absolute atomic E-state index is 0.0780. The number of aromatic hydroxyl groups is 1. The van der Waals surface area contributed by atoms with Crippen molar-refractivity contribution in [2.75, 3.05) is 6.61 Å². The summed E-state index contributed by atoms with van der Waals surface area (Å²) in [6.07, 6.45) is 3.43. The first kappa shape index (κ1) is 45.0. The van der Waals surface area contributed by atoms with Gasteiger partial charge in [0.15, 0.2) is 11.6 Å². The van der Waals surface area contributed by atoms with Gasteiger partial charge in [0.1, 0.15) is 23.6 Å². The van der Waals surface area contributed by atoms with Gasteiger partial charge in [-0.2, -0.15) is 0 Å². The highest BCUT2D eigenvalue weighted by Crippen LogP contribution is 2.36. The normalized spacial score (nSPS) is 19.2. The van der Waals surface area contributed by atoms with Gasteiger partial charge >= 0.3 is 0 Å². The quantitative estimate of drug-likeness (QED) is 0.107. The van der Waals surface area contributed by atoms with Crippen molar-refractivity contribution >= 4 is 69.7 Å². The van der Waals surface area contributed by atoms with Crippen LogP contribution in [0.1, 0.15) is 117 Å². The lowest BCUT2D eigenvalue weighted by Gasteiger charge is -2.29. The molecule has 4 atom stereocenters. The van der Waals surface area contributed by atoms with Crippen LogP contribution in [0, 0.1) is 0 Å². The Morgan fingerprint density at radius 2 is 1.14 bits per heavy atom. The number of phenols is 1. The molecule has 2 aromatic carbocycles. The highest BCUT2D eigenvalue weighted by Gasteiger charge is 2.42. The third kappa shape index (κ3) is 9.94. The number of hydrogen-bond acceptors (Lipinski definition) is 14. The molecule has 0 saturated carbocycles. The number of piperidine rings is 2. The Labute approximate surface area is 370 Å². The van der Waals surface area contributed by atoms with E-state index in [1.54, 1.807) is 22.9 Å². The van der Waals surface area contributed by atoms with Crippen molar-refractivity contribution in [3.8, 4) is 11.5 Å². The third-order valence-electron chi connectivity index (χ3n) is 11.6. The summed E-state index contributed by atoms with van der Waals surface area (Å²) >= 11 is 2.88. The SMILES string of the molecule is CCCOc1ccc(C(N)C(=O)CCc2scc3c2CN(C2CCC(=O)NC2=O)C3=O)cc1.NC(C(=O)CCc1scc2c1CN(C1CCC(=O)NC1=O)C2=O)c1ccc(O)cc1. The number of carbonyl (C=O) groups excluding carboxylic acids is 8. The molecular formula is C45H48N6O10S2. The molecule has 2 saturated heterocycles. The Hall–Kier alpha value is -6.08. The van der Waals surface area contributed by atoms with Gasteiger partial charge in [-0.15, -0.1) is 22.7 Å². The standard InChI is InChI=1S/C24H27N3O5S.C21H21N3O5S/c1-2-11-32-15-5-3-14(4-6-15)22(25)19(28)8-9-20-16-12-27(24(31)17(16)13-33-20)18-7-10-21(29)26-23(18)30;22-19(11-1-3-12(25)4-2-11)16(26)6-7-17-13-9-24(21(29)14(13)10-30-17)15-5-8-18(27)23-20(15)28/h3-6,13,18,22H,2,7-12,25H2,1H3,(H,26,29,30);1-4,10,15,19,25H,5-9,22H2,(H,23,27,28). The monoisotopic (exact) mass is 896 g/mol. The predicted octanol–water partition coefficient (Wildman–Crippen LogP) is 3.92. The van der Waals surface area contributed by atoms with E-state index in [2.05, 4.69) is 10.6 Å². The lowest BCUT2D eigenvalue weighted by atomic mass is 9.99. The molecule has 2 fully saturated rings. The number of nitrogens with zero attached hydrogens (tertiary/aromatic N) is 2. The van der Waals surface area contributed by atoms with Crippen molar-refractivity contribution in [1.29, 1.82) is 0 Å². The number of nitrogens with two attached hydrogens (primary N) is 2. The molecule has 6 amide bonds. The molecule has 0 aliphatic carbocycles. The number of nitrogens with one attached hydrogen (secondary N) is 2. The van der Waals surface area contributed by atoms with Crippen LogP contribution in [0.5, 0.6) is 11.5 Å². The molecule has 7 N–H and O–H groups in total. The van der Waals surface area contributed by atoms with E-state index in [-0.39, 0.29) is 66.6 Å². The van der Waals surface area contributed by atoms with Crippen LogP contribution in [0.3, 0.4) is 0 Å². The first-order valence-electron chi connectivity index (χ1n) is 20.8. The molecule has 4 unspecified atom stereocenters. The number of imide groups is 2. The van der Waals surface area contributed by atoms with Crippen molar-refractivity contribution < 1.29 is 48.2 Å². The summed E-state index contributed by atoms with van der Waals surface area (Å²) in [5, 5.41) is 17.5. The van der Waals surface area contributed by atoms with Crippen LogP contribution in [-0.2, 0) is 54.7 Å². The van der Waals surface area contributed by atoms with Crippen molar-refractivity contribution in [1.82, 2.24) is 20.4 Å². The fraction of sp³-hybridized carbons (Fsp3) is 0.378. The number of ketones is 2. The lowest BCUT2D eigenvalue weighted by molar-refractivity contribution is -0.138. The molecule has 0 radical (unpaired) electrons. The molecule has 63 heavy (non-hydrogen) atoms. The molecule has 4 aliphatic heterocycles. The number of hydrogen-bond donors (Lipinski definition) is 5. The van der Waals surface area contributed by atoms with Crippen molar-refractivity contribution in [3.63, 3.8) is 0 Å². The Morgan fingerprint density at radius 3 is 1.56 bits per heavy atom. The summed E-state index contributed by atoms with van der Waals surface area (Å²) in [5.41, 5.74) is 16.5. The molecule has 16 nitrogen and oxygen atoms in total. The van der Waals surface area contributed by atoms with E-state index < -0.39 is 36.0 Å². The van der Waals surface area contributed by atoms with Gasteiger partial charge in [-0.25, -0.2) is 0 Å². The molecule has 2 aromatic heterocycles. The van der Waals surface area contributed by atoms with E-state index in [1.165, 1.54) is 44.6 Å². The summed E-state index contributed by atoms with van der Waals surface area (Å²) < 4.78 is 5.56. The Balaban J connectivity index is 0.000000190. The first-order valence-corrected chi connectivity index (χ1v) is 22.6. The zero-order valence-electron chi connectivity index (χ0n) is 34.6. The number of carbonyl (C=O) groups is 8. The number of rotatable bonds is 15. The molecular weight excluding hydrogens is 849 g/mol. The van der Waals surface area contributed by atoms with Crippen molar-refractivity contribution in [2.45, 2.75) is 102 Å². The van der Waals surface area contributed by atoms with Crippen LogP contribution in [-0.4, -0.2) is 80.6 Å². The summed E-state index contributed by atoms with van der Waals surface area (Å²) in [7, 11) is 0. The number of Topliss-reactive ketones (excluding diaryl/α,β-unsaturated/α-hetero) is 2. The molecule has 18 heteroatoms. The predicted molar refractivity (Wildman–Crippen MR) is 232 cm³/mol. The smallest absolute Gasteiger partial charge is 0.256 e. The van der Waals surface area contributed by atoms with Crippen LogP contribution in [0.2, 0.25) is 0 Å². The molecule has 6 heterocycles. The number of benzene rings is 2. The molecule has 330 valence electrons. The maximum absolute atomic E-state index is 12.8. The highest BCUT2D eigenvalue weighted by atomic mass is 32.1. The number of phenolic OH excluding ortho intramolecular Hbond substituents is 1. The number of fused-ring (bicyclic) bond motifs is 2. The van der Waals surface area contributed by atoms with Crippen molar-refractivity contribution in [2.24, 2.45) is 11.5 Å². The first-order chi connectivity index (χ1) is 30.2. The molecule has 0 spiro atoms. The third-order valence-corrected chi connectivity index (χ3v) is 13.8. The average molecular weight is 897 g/mol. The largest absolute Gasteiger partial charge is 0.508 e. The van der Waals surface area contributed by atoms with E-state index in [4.69, 9.17) is 16.2 Å². The van der Waals surface area contributed by atoms with Crippen LogP contribution in [0.4, 0.5) is 0 Å². The van der Waals surface area contributed by atoms with Gasteiger partial charge < -0.3 is 31.1 Å². The second kappa shape index (κ2) is 19.5. The fourth-order valence-electron chi connectivity index (χ4n) is 8.06. The van der Waals surface area contributed by atoms with Crippen LogP contribution in [0.15, 0.2) is 59.3 Å². The van der Waals surface area contributed by atoms with E-state index in [1.807, 2.05) is 31.2 Å². The van der Waals surface area contributed by atoms with Gasteiger partial charge in [0, 0.05) is 59.3 Å². The second-order valence-electron chi connectivity index (χ2n) is 15.8. The zero-order chi connectivity index (χ0) is 44.9. The van der Waals surface area contributed by atoms with Gasteiger partial charge in [-0.1, -0.05) is 31.2 Å². The number of aryl methyl sites for hydroxylation is 2. The molecule has 4 aliphatic rings. The Morgan fingerprint density at radius 1 is 0.714 bits per heavy atom. The van der Waals surface area contributed by atoms with Crippen LogP contribution in [0.25, 0.3) is 0 Å². The summed E-state index contributed by atoms with van der Waals surface area (Å²) in [6.45, 7) is 3.30. The molecule has 4 aromatic rings. The lowest BCUT2D eigenvalue weighted by Crippen LogP contribution is -2.52. The average Bonchev–Trinajstić information content (AvgIpc) is 4.04. The minimum Gasteiger partial charge on any atom is -0.508 e.